The Balaban J connectivity index is 1.64. The lowest BCUT2D eigenvalue weighted by molar-refractivity contribution is 0.143. The monoisotopic (exact) mass is 258 g/mol. The van der Waals surface area contributed by atoms with E-state index in [0.29, 0.717) is 25.4 Å². The molecule has 19 heavy (non-hydrogen) atoms. The molecule has 0 amide bonds. The fourth-order valence-electron chi connectivity index (χ4n) is 1.88. The molecule has 4 N–H and O–H groups in total. The van der Waals surface area contributed by atoms with Crippen molar-refractivity contribution in [2.75, 3.05) is 13.1 Å². The summed E-state index contributed by atoms with van der Waals surface area (Å²) in [7, 11) is 0. The van der Waals surface area contributed by atoms with Crippen molar-refractivity contribution in [3.63, 3.8) is 0 Å². The van der Waals surface area contributed by atoms with Crippen LogP contribution in [0.3, 0.4) is 0 Å². The van der Waals surface area contributed by atoms with Gasteiger partial charge in [-0.15, -0.1) is 0 Å². The lowest BCUT2D eigenvalue weighted by atomic mass is 10.0. The van der Waals surface area contributed by atoms with E-state index in [1.807, 2.05) is 30.3 Å². The maximum absolute atomic E-state index is 9.96. The van der Waals surface area contributed by atoms with Crippen LogP contribution < -0.4 is 11.1 Å². The summed E-state index contributed by atoms with van der Waals surface area (Å²) < 4.78 is 0. The van der Waals surface area contributed by atoms with Crippen LogP contribution in [0.4, 0.5) is 0 Å². The molecule has 3 nitrogen and oxygen atoms in total. The maximum Gasteiger partial charge on any atom is 0.0818 e. The molecule has 0 spiro atoms. The quantitative estimate of drug-likeness (QED) is 0.525. The normalized spacial score (nSPS) is 17.4. The first-order valence-corrected chi connectivity index (χ1v) is 6.92. The summed E-state index contributed by atoms with van der Waals surface area (Å²) in [4.78, 5) is 0. The van der Waals surface area contributed by atoms with Crippen molar-refractivity contribution in [3.8, 4) is 11.8 Å². The van der Waals surface area contributed by atoms with Crippen LogP contribution in [0.1, 0.15) is 18.4 Å². The average Bonchev–Trinajstić information content (AvgIpc) is 3.23. The van der Waals surface area contributed by atoms with Crippen LogP contribution in [-0.4, -0.2) is 30.3 Å². The smallest absolute Gasteiger partial charge is 0.0818 e. The molecule has 2 unspecified atom stereocenters. The van der Waals surface area contributed by atoms with Gasteiger partial charge in [-0.1, -0.05) is 42.2 Å². The second kappa shape index (κ2) is 7.30. The third-order valence-electron chi connectivity index (χ3n) is 3.26. The standard InChI is InChI=1S/C16H22N2O/c17-15(11-14-5-2-1-3-6-14)16(19)12-18-10-4-7-13-8-9-13/h1-3,5-6,13,15-16,18-19H,8-12,17H2. The van der Waals surface area contributed by atoms with E-state index in [4.69, 9.17) is 5.73 Å². The van der Waals surface area contributed by atoms with Gasteiger partial charge in [0.1, 0.15) is 0 Å². The predicted octanol–water partition coefficient (Wildman–Crippen LogP) is 0.920. The lowest BCUT2D eigenvalue weighted by Crippen LogP contribution is -2.43. The van der Waals surface area contributed by atoms with E-state index in [1.165, 1.54) is 12.8 Å². The van der Waals surface area contributed by atoms with Crippen molar-refractivity contribution in [1.82, 2.24) is 5.32 Å². The summed E-state index contributed by atoms with van der Waals surface area (Å²) in [5.74, 6) is 6.88. The number of benzene rings is 1. The molecule has 2 atom stereocenters. The molecule has 1 aromatic rings. The first-order chi connectivity index (χ1) is 9.25. The molecule has 0 radical (unpaired) electrons. The first-order valence-electron chi connectivity index (χ1n) is 6.92. The summed E-state index contributed by atoms with van der Waals surface area (Å²) in [6.45, 7) is 1.12. The molecule has 0 bridgehead atoms. The highest BCUT2D eigenvalue weighted by atomic mass is 16.3. The van der Waals surface area contributed by atoms with E-state index in [-0.39, 0.29) is 6.04 Å². The van der Waals surface area contributed by atoms with Crippen molar-refractivity contribution >= 4 is 0 Å². The molecule has 3 heteroatoms. The zero-order chi connectivity index (χ0) is 13.5. The Morgan fingerprint density at radius 3 is 2.74 bits per heavy atom. The highest BCUT2D eigenvalue weighted by molar-refractivity contribution is 5.16. The molecule has 1 aromatic carbocycles. The SMILES string of the molecule is NC(Cc1ccccc1)C(O)CNCC#CC1CC1. The van der Waals surface area contributed by atoms with Crippen molar-refractivity contribution in [3.05, 3.63) is 35.9 Å². The Morgan fingerprint density at radius 1 is 1.32 bits per heavy atom. The summed E-state index contributed by atoms with van der Waals surface area (Å²) in [5, 5.41) is 13.1. The Bertz CT molecular complexity index is 431. The van der Waals surface area contributed by atoms with Gasteiger partial charge in [-0.2, -0.15) is 0 Å². The largest absolute Gasteiger partial charge is 0.390 e. The Morgan fingerprint density at radius 2 is 2.05 bits per heavy atom. The maximum atomic E-state index is 9.96. The molecular weight excluding hydrogens is 236 g/mol. The Hall–Kier alpha value is -1.34. The van der Waals surface area contributed by atoms with Crippen LogP contribution in [-0.2, 0) is 6.42 Å². The molecule has 0 saturated heterocycles. The first kappa shape index (κ1) is 14.1. The zero-order valence-electron chi connectivity index (χ0n) is 11.2. The van der Waals surface area contributed by atoms with Crippen LogP contribution in [0.2, 0.25) is 0 Å². The van der Waals surface area contributed by atoms with Crippen LogP contribution in [0, 0.1) is 17.8 Å². The van der Waals surface area contributed by atoms with Crippen molar-refractivity contribution in [2.24, 2.45) is 11.7 Å². The van der Waals surface area contributed by atoms with Gasteiger partial charge in [0.15, 0.2) is 0 Å². The topological polar surface area (TPSA) is 58.3 Å². The zero-order valence-corrected chi connectivity index (χ0v) is 11.2. The van der Waals surface area contributed by atoms with E-state index >= 15 is 0 Å². The molecule has 0 aliphatic heterocycles. The molecule has 1 aliphatic rings. The predicted molar refractivity (Wildman–Crippen MR) is 77.5 cm³/mol. The van der Waals surface area contributed by atoms with E-state index in [0.717, 1.165) is 5.56 Å². The van der Waals surface area contributed by atoms with E-state index in [2.05, 4.69) is 17.2 Å². The third kappa shape index (κ3) is 5.44. The Labute approximate surface area is 115 Å². The van der Waals surface area contributed by atoms with E-state index in [1.54, 1.807) is 0 Å². The minimum absolute atomic E-state index is 0.244. The Kier molecular flexibility index (Phi) is 5.41. The highest BCUT2D eigenvalue weighted by Crippen LogP contribution is 2.27. The molecule has 1 fully saturated rings. The second-order valence-electron chi connectivity index (χ2n) is 5.15. The van der Waals surface area contributed by atoms with Crippen molar-refractivity contribution in [1.29, 1.82) is 0 Å². The van der Waals surface area contributed by atoms with Gasteiger partial charge in [0.2, 0.25) is 0 Å². The van der Waals surface area contributed by atoms with Gasteiger partial charge in [0, 0.05) is 18.5 Å². The van der Waals surface area contributed by atoms with Gasteiger partial charge in [-0.3, -0.25) is 0 Å². The number of hydrogen-bond donors (Lipinski definition) is 3. The summed E-state index contributed by atoms with van der Waals surface area (Å²) in [5.41, 5.74) is 7.15. The molecule has 1 aliphatic carbocycles. The number of nitrogens with two attached hydrogens (primary N) is 1. The van der Waals surface area contributed by atoms with Gasteiger partial charge in [-0.25, -0.2) is 0 Å². The fraction of sp³-hybridized carbons (Fsp3) is 0.500. The minimum Gasteiger partial charge on any atom is -0.390 e. The third-order valence-corrected chi connectivity index (χ3v) is 3.26. The van der Waals surface area contributed by atoms with Crippen LogP contribution in [0.5, 0.6) is 0 Å². The van der Waals surface area contributed by atoms with Gasteiger partial charge >= 0.3 is 0 Å². The van der Waals surface area contributed by atoms with Crippen LogP contribution in [0.25, 0.3) is 0 Å². The fourth-order valence-corrected chi connectivity index (χ4v) is 1.88. The number of nitrogens with one attached hydrogen (secondary N) is 1. The summed E-state index contributed by atoms with van der Waals surface area (Å²) in [6, 6.07) is 9.76. The molecule has 0 heterocycles. The summed E-state index contributed by atoms with van der Waals surface area (Å²) in [6.07, 6.45) is 2.65. The van der Waals surface area contributed by atoms with E-state index < -0.39 is 6.10 Å². The van der Waals surface area contributed by atoms with Crippen molar-refractivity contribution in [2.45, 2.75) is 31.4 Å². The average molecular weight is 258 g/mol. The van der Waals surface area contributed by atoms with Gasteiger partial charge in [0.25, 0.3) is 0 Å². The molecule has 1 saturated carbocycles. The molecular formula is C16H22N2O. The number of aliphatic hydroxyl groups excluding tert-OH is 1. The van der Waals surface area contributed by atoms with Crippen LogP contribution in [0.15, 0.2) is 30.3 Å². The lowest BCUT2D eigenvalue weighted by Gasteiger charge is -2.18. The number of hydrogen-bond acceptors (Lipinski definition) is 3. The van der Waals surface area contributed by atoms with Crippen LogP contribution >= 0.6 is 0 Å². The second-order valence-corrected chi connectivity index (χ2v) is 5.15. The van der Waals surface area contributed by atoms with Crippen molar-refractivity contribution < 1.29 is 5.11 Å². The van der Waals surface area contributed by atoms with E-state index in [9.17, 15) is 5.11 Å². The minimum atomic E-state index is -0.539. The molecule has 2 rings (SSSR count). The number of aliphatic hydroxyl groups is 1. The number of rotatable bonds is 6. The van der Waals surface area contributed by atoms with Gasteiger partial charge in [0.05, 0.1) is 12.6 Å². The van der Waals surface area contributed by atoms with Gasteiger partial charge in [-0.05, 0) is 24.8 Å². The molecule has 0 aromatic heterocycles. The highest BCUT2D eigenvalue weighted by Gasteiger charge is 2.17. The van der Waals surface area contributed by atoms with Gasteiger partial charge < -0.3 is 16.2 Å². The summed E-state index contributed by atoms with van der Waals surface area (Å²) >= 11 is 0. The molecule has 102 valence electrons.